The van der Waals surface area contributed by atoms with Crippen molar-refractivity contribution in [1.29, 1.82) is 0 Å². The van der Waals surface area contributed by atoms with Gasteiger partial charge in [0.15, 0.2) is 0 Å². The molecule has 0 aliphatic rings. The van der Waals surface area contributed by atoms with Gasteiger partial charge in [-0.25, -0.2) is 0 Å². The fraction of sp³-hybridized carbons (Fsp3) is 0.105. The van der Waals surface area contributed by atoms with Crippen LogP contribution in [0.2, 0.25) is 0 Å². The van der Waals surface area contributed by atoms with Crippen LogP contribution in [0, 0.1) is 0 Å². The molecule has 0 spiro atoms. The second-order valence-corrected chi connectivity index (χ2v) is 20.5. The molecule has 4 unspecified atom stereocenters. The second kappa shape index (κ2) is 26.9. The maximum atomic E-state index is 6.26. The Bertz CT molecular complexity index is 3410. The molecule has 0 saturated carbocycles. The Morgan fingerprint density at radius 3 is 0.690 bits per heavy atom. The zero-order valence-corrected chi connectivity index (χ0v) is 47.6. The minimum absolute atomic E-state index is 0.119. The Balaban J connectivity index is 0.767. The van der Waals surface area contributed by atoms with Gasteiger partial charge in [0, 0.05) is 34.1 Å². The standard InChI is InChI=1S/C76H66N4O4/c1-55(81-73-17-9-5-10-18-73)61-31-45-69(46-32-61)79(70-47-33-62(34-48-70)56(2)82-74-19-11-6-12-20-74)67-41-27-59(28-42-67)25-39-65-53-78-66(54-77-65)40-26-60-29-43-68(44-30-60)80(71-49-35-63(36-50-71)57(3)83-75-21-13-7-14-22-75)72-51-37-64(38-52-72)58(4)84-76-23-15-8-16-24-76/h5-58H,1-4H3/b39-25+,40-26+. The molecule has 0 fully saturated rings. The summed E-state index contributed by atoms with van der Waals surface area (Å²) in [5.41, 5.74) is 14.1. The van der Waals surface area contributed by atoms with Crippen molar-refractivity contribution in [2.75, 3.05) is 9.80 Å². The van der Waals surface area contributed by atoms with Crippen molar-refractivity contribution >= 4 is 58.4 Å². The van der Waals surface area contributed by atoms with Gasteiger partial charge in [-0.2, -0.15) is 0 Å². The summed E-state index contributed by atoms with van der Waals surface area (Å²) in [7, 11) is 0. The molecular formula is C76H66N4O4. The molecule has 11 rings (SSSR count). The maximum Gasteiger partial charge on any atom is 0.121 e. The summed E-state index contributed by atoms with van der Waals surface area (Å²) in [5.74, 6) is 3.37. The van der Waals surface area contributed by atoms with Crippen LogP contribution in [0.15, 0.2) is 279 Å². The predicted molar refractivity (Wildman–Crippen MR) is 344 cm³/mol. The van der Waals surface area contributed by atoms with Crippen molar-refractivity contribution in [3.63, 3.8) is 0 Å². The zero-order valence-electron chi connectivity index (χ0n) is 47.6. The van der Waals surface area contributed by atoms with E-state index in [1.807, 2.05) is 133 Å². The topological polar surface area (TPSA) is 69.2 Å². The number of benzene rings is 10. The first kappa shape index (κ1) is 55.5. The Hall–Kier alpha value is -10.4. The van der Waals surface area contributed by atoms with Crippen LogP contribution in [0.25, 0.3) is 24.3 Å². The first-order valence-electron chi connectivity index (χ1n) is 28.5. The first-order chi connectivity index (χ1) is 41.2. The van der Waals surface area contributed by atoms with Crippen LogP contribution >= 0.6 is 0 Å². The number of hydrogen-bond acceptors (Lipinski definition) is 8. The van der Waals surface area contributed by atoms with Gasteiger partial charge in [0.25, 0.3) is 0 Å². The monoisotopic (exact) mass is 1100 g/mol. The van der Waals surface area contributed by atoms with Crippen LogP contribution in [0.3, 0.4) is 0 Å². The van der Waals surface area contributed by atoms with Gasteiger partial charge in [0.05, 0.1) is 23.8 Å². The van der Waals surface area contributed by atoms with E-state index in [0.29, 0.717) is 0 Å². The quantitative estimate of drug-likeness (QED) is 0.0665. The summed E-state index contributed by atoms with van der Waals surface area (Å²) < 4.78 is 25.1. The van der Waals surface area contributed by atoms with Gasteiger partial charge >= 0.3 is 0 Å². The van der Waals surface area contributed by atoms with Crippen LogP contribution < -0.4 is 28.7 Å². The average Bonchev–Trinajstić information content (AvgIpc) is 3.73. The largest absolute Gasteiger partial charge is 0.486 e. The van der Waals surface area contributed by atoms with Crippen LogP contribution in [-0.2, 0) is 0 Å². The van der Waals surface area contributed by atoms with Crippen molar-refractivity contribution in [2.45, 2.75) is 52.1 Å². The highest BCUT2D eigenvalue weighted by Crippen LogP contribution is 2.39. The summed E-state index contributed by atoms with van der Waals surface area (Å²) in [6, 6.07) is 91.2. The molecule has 0 amide bonds. The van der Waals surface area contributed by atoms with E-state index in [-0.39, 0.29) is 24.4 Å². The summed E-state index contributed by atoms with van der Waals surface area (Å²) in [4.78, 5) is 14.0. The highest BCUT2D eigenvalue weighted by atomic mass is 16.5. The van der Waals surface area contributed by atoms with Gasteiger partial charge in [-0.15, -0.1) is 0 Å². The molecule has 11 aromatic rings. The first-order valence-corrected chi connectivity index (χ1v) is 28.5. The summed E-state index contributed by atoms with van der Waals surface area (Å²) >= 11 is 0. The van der Waals surface area contributed by atoms with Crippen molar-refractivity contribution in [3.8, 4) is 23.0 Å². The molecule has 4 atom stereocenters. The fourth-order valence-corrected chi connectivity index (χ4v) is 9.91. The lowest BCUT2D eigenvalue weighted by Gasteiger charge is -2.27. The molecule has 0 saturated heterocycles. The smallest absolute Gasteiger partial charge is 0.121 e. The minimum atomic E-state index is -0.119. The van der Waals surface area contributed by atoms with Crippen LogP contribution in [0.5, 0.6) is 23.0 Å². The van der Waals surface area contributed by atoms with Gasteiger partial charge in [0.2, 0.25) is 0 Å². The van der Waals surface area contributed by atoms with Gasteiger partial charge < -0.3 is 28.7 Å². The molecule has 8 nitrogen and oxygen atoms in total. The lowest BCUT2D eigenvalue weighted by atomic mass is 10.1. The van der Waals surface area contributed by atoms with E-state index >= 15 is 0 Å². The second-order valence-electron chi connectivity index (χ2n) is 20.5. The molecular weight excluding hydrogens is 1030 g/mol. The van der Waals surface area contributed by atoms with E-state index in [1.165, 1.54) is 0 Å². The molecule has 0 radical (unpaired) electrons. The van der Waals surface area contributed by atoms with Gasteiger partial charge in [0.1, 0.15) is 47.4 Å². The third-order valence-electron chi connectivity index (χ3n) is 14.6. The van der Waals surface area contributed by atoms with E-state index < -0.39 is 0 Å². The van der Waals surface area contributed by atoms with E-state index in [0.717, 1.165) is 102 Å². The molecule has 0 bridgehead atoms. The van der Waals surface area contributed by atoms with Crippen LogP contribution in [0.4, 0.5) is 34.1 Å². The molecule has 0 aliphatic carbocycles. The van der Waals surface area contributed by atoms with Crippen molar-refractivity contribution in [3.05, 3.63) is 324 Å². The van der Waals surface area contributed by atoms with E-state index in [2.05, 4.69) is 195 Å². The SMILES string of the molecule is CC(Oc1ccccc1)c1ccc(N(c2ccc(/C=C/c3cnc(/C=C/c4ccc(N(c5ccc(C(C)Oc6ccccc6)cc5)c5ccc(C(C)Oc6ccccc6)cc5)cc4)cn3)cc2)c2ccc(C(C)Oc3ccccc3)cc2)cc1. The Kier molecular flexibility index (Phi) is 17.8. The highest BCUT2D eigenvalue weighted by Gasteiger charge is 2.18. The van der Waals surface area contributed by atoms with Crippen molar-refractivity contribution in [2.24, 2.45) is 0 Å². The molecule has 0 N–H and O–H groups in total. The van der Waals surface area contributed by atoms with Crippen molar-refractivity contribution < 1.29 is 18.9 Å². The van der Waals surface area contributed by atoms with E-state index in [1.54, 1.807) is 12.4 Å². The lowest BCUT2D eigenvalue weighted by Crippen LogP contribution is -2.11. The van der Waals surface area contributed by atoms with Gasteiger partial charge in [-0.1, -0.05) is 158 Å². The number of rotatable bonds is 22. The average molecular weight is 1100 g/mol. The number of para-hydroxylation sites is 4. The number of nitrogens with zero attached hydrogens (tertiary/aromatic N) is 4. The predicted octanol–water partition coefficient (Wildman–Crippen LogP) is 20.3. The lowest BCUT2D eigenvalue weighted by molar-refractivity contribution is 0.226. The molecule has 1 heterocycles. The third-order valence-corrected chi connectivity index (χ3v) is 14.6. The molecule has 10 aromatic carbocycles. The summed E-state index contributed by atoms with van der Waals surface area (Å²) in [5, 5.41) is 0. The Morgan fingerprint density at radius 2 is 0.476 bits per heavy atom. The maximum absolute atomic E-state index is 6.26. The number of anilines is 6. The molecule has 414 valence electrons. The molecule has 8 heteroatoms. The van der Waals surface area contributed by atoms with E-state index in [9.17, 15) is 0 Å². The Morgan fingerprint density at radius 1 is 0.262 bits per heavy atom. The molecule has 0 aliphatic heterocycles. The summed E-state index contributed by atoms with van der Waals surface area (Å²) in [6.45, 7) is 8.31. The van der Waals surface area contributed by atoms with Crippen LogP contribution in [-0.4, -0.2) is 9.97 Å². The highest BCUT2D eigenvalue weighted by molar-refractivity contribution is 5.80. The summed E-state index contributed by atoms with van der Waals surface area (Å²) in [6.07, 6.45) is 11.2. The van der Waals surface area contributed by atoms with E-state index in [4.69, 9.17) is 28.9 Å². The fourth-order valence-electron chi connectivity index (χ4n) is 9.91. The van der Waals surface area contributed by atoms with Gasteiger partial charge in [-0.05, 0) is 195 Å². The molecule has 84 heavy (non-hydrogen) atoms. The minimum Gasteiger partial charge on any atom is -0.486 e. The number of ether oxygens (including phenoxy) is 4. The number of hydrogen-bond donors (Lipinski definition) is 0. The van der Waals surface area contributed by atoms with Crippen molar-refractivity contribution in [1.82, 2.24) is 9.97 Å². The van der Waals surface area contributed by atoms with Gasteiger partial charge in [-0.3, -0.25) is 9.97 Å². The number of aromatic nitrogens is 2. The zero-order chi connectivity index (χ0) is 57.5. The third kappa shape index (κ3) is 14.4. The molecule has 1 aromatic heterocycles. The van der Waals surface area contributed by atoms with Crippen LogP contribution in [0.1, 0.15) is 96.9 Å². The normalized spacial score (nSPS) is 12.7. The Labute approximate surface area is 493 Å².